The minimum Gasteiger partial charge on any atom is -0.439 e. The summed E-state index contributed by atoms with van der Waals surface area (Å²) in [6.45, 7) is 3.60. The van der Waals surface area contributed by atoms with Gasteiger partial charge in [-0.15, -0.1) is 0 Å². The fraction of sp³-hybridized carbons (Fsp3) is 0.214. The van der Waals surface area contributed by atoms with E-state index in [4.69, 9.17) is 33.0 Å². The van der Waals surface area contributed by atoms with Gasteiger partial charge in [0.25, 0.3) is 0 Å². The van der Waals surface area contributed by atoms with Crippen molar-refractivity contribution in [3.05, 3.63) is 51.1 Å². The number of aliphatic hydroxyl groups excluding tert-OH is 1. The Bertz CT molecular complexity index is 591. The summed E-state index contributed by atoms with van der Waals surface area (Å²) in [6.07, 6.45) is 0. The van der Waals surface area contributed by atoms with Gasteiger partial charge in [-0.05, 0) is 43.2 Å². The van der Waals surface area contributed by atoms with Crippen molar-refractivity contribution >= 4 is 23.2 Å². The molecule has 0 bridgehead atoms. The van der Waals surface area contributed by atoms with Crippen molar-refractivity contribution in [3.8, 4) is 11.6 Å². The molecule has 0 radical (unpaired) electrons. The highest BCUT2D eigenvalue weighted by Crippen LogP contribution is 2.29. The van der Waals surface area contributed by atoms with E-state index < -0.39 is 0 Å². The van der Waals surface area contributed by atoms with Crippen LogP contribution in [0.25, 0.3) is 0 Å². The molecule has 2 aromatic rings. The molecule has 1 aromatic heterocycles. The number of nitrogens with zero attached hydrogens (tertiary/aromatic N) is 1. The van der Waals surface area contributed by atoms with Gasteiger partial charge >= 0.3 is 0 Å². The summed E-state index contributed by atoms with van der Waals surface area (Å²) in [5, 5.41) is 10.3. The van der Waals surface area contributed by atoms with Crippen molar-refractivity contribution < 1.29 is 9.84 Å². The minimum atomic E-state index is -0.227. The van der Waals surface area contributed by atoms with Crippen molar-refractivity contribution in [3.63, 3.8) is 0 Å². The van der Waals surface area contributed by atoms with Crippen LogP contribution >= 0.6 is 23.2 Å². The Hall–Kier alpha value is -1.29. The quantitative estimate of drug-likeness (QED) is 0.919. The Morgan fingerprint density at radius 2 is 1.79 bits per heavy atom. The Morgan fingerprint density at radius 1 is 1.16 bits per heavy atom. The molecule has 1 aromatic carbocycles. The predicted molar refractivity (Wildman–Crippen MR) is 76.2 cm³/mol. The molecule has 0 unspecified atom stereocenters. The van der Waals surface area contributed by atoms with Crippen molar-refractivity contribution in [1.29, 1.82) is 0 Å². The highest BCUT2D eigenvalue weighted by molar-refractivity contribution is 6.32. The monoisotopic (exact) mass is 297 g/mol. The van der Waals surface area contributed by atoms with Crippen molar-refractivity contribution in [2.45, 2.75) is 20.5 Å². The maximum absolute atomic E-state index is 9.11. The van der Waals surface area contributed by atoms with E-state index in [2.05, 4.69) is 4.98 Å². The third-order valence-electron chi connectivity index (χ3n) is 2.68. The average Bonchev–Trinajstić information content (AvgIpc) is 2.38. The smallest absolute Gasteiger partial charge is 0.219 e. The normalized spacial score (nSPS) is 10.6. The molecule has 0 amide bonds. The summed E-state index contributed by atoms with van der Waals surface area (Å²) >= 11 is 12.0. The zero-order valence-electron chi connectivity index (χ0n) is 10.6. The van der Waals surface area contributed by atoms with E-state index in [1.54, 1.807) is 12.1 Å². The Morgan fingerprint density at radius 3 is 2.37 bits per heavy atom. The van der Waals surface area contributed by atoms with Crippen molar-refractivity contribution in [2.75, 3.05) is 0 Å². The van der Waals surface area contributed by atoms with Crippen LogP contribution in [0.3, 0.4) is 0 Å². The van der Waals surface area contributed by atoms with Gasteiger partial charge in [0.15, 0.2) is 0 Å². The number of rotatable bonds is 3. The molecule has 0 saturated heterocycles. The van der Waals surface area contributed by atoms with E-state index in [0.29, 0.717) is 22.3 Å². The number of ether oxygens (including phenoxy) is 1. The van der Waals surface area contributed by atoms with Gasteiger partial charge in [-0.2, -0.15) is 0 Å². The number of benzene rings is 1. The molecule has 100 valence electrons. The zero-order valence-corrected chi connectivity index (χ0v) is 12.1. The molecule has 5 heteroatoms. The number of aromatic nitrogens is 1. The van der Waals surface area contributed by atoms with Crippen LogP contribution in [0, 0.1) is 13.8 Å². The van der Waals surface area contributed by atoms with Gasteiger partial charge in [0.2, 0.25) is 5.88 Å². The topological polar surface area (TPSA) is 42.4 Å². The van der Waals surface area contributed by atoms with Gasteiger partial charge < -0.3 is 9.84 Å². The van der Waals surface area contributed by atoms with Gasteiger partial charge in [-0.3, -0.25) is 0 Å². The van der Waals surface area contributed by atoms with E-state index in [1.165, 1.54) is 0 Å². The molecule has 1 N–H and O–H groups in total. The van der Waals surface area contributed by atoms with Crippen LogP contribution in [-0.2, 0) is 6.61 Å². The average molecular weight is 298 g/mol. The number of hydrogen-bond acceptors (Lipinski definition) is 3. The van der Waals surface area contributed by atoms with Crippen LogP contribution in [0.15, 0.2) is 24.3 Å². The number of hydrogen-bond donors (Lipinski definition) is 1. The molecule has 0 atom stereocenters. The summed E-state index contributed by atoms with van der Waals surface area (Å²) in [5.41, 5.74) is 2.27. The molecular weight excluding hydrogens is 285 g/mol. The first-order valence-electron chi connectivity index (χ1n) is 5.72. The lowest BCUT2D eigenvalue weighted by Crippen LogP contribution is -1.95. The Kier molecular flexibility index (Phi) is 4.30. The fourth-order valence-corrected chi connectivity index (χ4v) is 1.99. The van der Waals surface area contributed by atoms with Crippen molar-refractivity contribution in [1.82, 2.24) is 4.98 Å². The molecule has 0 saturated carbocycles. The van der Waals surface area contributed by atoms with Gasteiger partial charge in [-0.25, -0.2) is 4.98 Å². The van der Waals surface area contributed by atoms with Gasteiger partial charge in [-0.1, -0.05) is 23.2 Å². The fourth-order valence-electron chi connectivity index (χ4n) is 1.72. The molecule has 0 aliphatic rings. The largest absolute Gasteiger partial charge is 0.439 e. The number of aryl methyl sites for hydroxylation is 2. The van der Waals surface area contributed by atoms with Crippen LogP contribution < -0.4 is 4.74 Å². The number of pyridine rings is 1. The first kappa shape index (κ1) is 14.1. The molecular formula is C14H13Cl2NO2. The molecule has 0 aliphatic heterocycles. The lowest BCUT2D eigenvalue weighted by Gasteiger charge is -2.10. The highest BCUT2D eigenvalue weighted by Gasteiger charge is 2.07. The Labute approximate surface area is 121 Å². The second kappa shape index (κ2) is 5.78. The van der Waals surface area contributed by atoms with Gasteiger partial charge in [0.1, 0.15) is 5.75 Å². The summed E-state index contributed by atoms with van der Waals surface area (Å²) in [5.74, 6) is 1.03. The number of halogens is 2. The van der Waals surface area contributed by atoms with E-state index >= 15 is 0 Å². The van der Waals surface area contributed by atoms with Crippen LogP contribution in [0.5, 0.6) is 11.6 Å². The van der Waals surface area contributed by atoms with E-state index in [-0.39, 0.29) is 6.61 Å². The predicted octanol–water partition coefficient (Wildman–Crippen LogP) is 4.29. The highest BCUT2D eigenvalue weighted by atomic mass is 35.5. The van der Waals surface area contributed by atoms with Crippen LogP contribution in [0.2, 0.25) is 10.0 Å². The molecule has 0 fully saturated rings. The van der Waals surface area contributed by atoms with Crippen LogP contribution in [0.4, 0.5) is 0 Å². The minimum absolute atomic E-state index is 0.227. The molecule has 0 aliphatic carbocycles. The number of aliphatic hydroxyl groups is 1. The van der Waals surface area contributed by atoms with E-state index in [9.17, 15) is 0 Å². The summed E-state index contributed by atoms with van der Waals surface area (Å²) in [7, 11) is 0. The zero-order chi connectivity index (χ0) is 14.0. The molecule has 2 rings (SSSR count). The van der Waals surface area contributed by atoms with Gasteiger partial charge in [0, 0.05) is 11.1 Å². The second-order valence-corrected chi connectivity index (χ2v) is 4.99. The standard InChI is InChI=1S/C14H13Cl2NO2/c1-8-5-10(6-9(2)14(8)16)19-13-4-3-11(15)12(7-18)17-13/h3-6,18H,7H2,1-2H3. The second-order valence-electron chi connectivity index (χ2n) is 4.21. The molecule has 3 nitrogen and oxygen atoms in total. The van der Waals surface area contributed by atoms with E-state index in [1.807, 2.05) is 26.0 Å². The molecule has 0 spiro atoms. The van der Waals surface area contributed by atoms with Crippen LogP contribution in [-0.4, -0.2) is 10.1 Å². The molecule has 19 heavy (non-hydrogen) atoms. The lowest BCUT2D eigenvalue weighted by molar-refractivity contribution is 0.275. The van der Waals surface area contributed by atoms with E-state index in [0.717, 1.165) is 16.1 Å². The lowest BCUT2D eigenvalue weighted by atomic mass is 10.1. The first-order valence-corrected chi connectivity index (χ1v) is 6.47. The SMILES string of the molecule is Cc1cc(Oc2ccc(Cl)c(CO)n2)cc(C)c1Cl. The molecule has 1 heterocycles. The summed E-state index contributed by atoms with van der Waals surface area (Å²) < 4.78 is 5.65. The maximum Gasteiger partial charge on any atom is 0.219 e. The summed E-state index contributed by atoms with van der Waals surface area (Å²) in [6, 6.07) is 6.97. The Balaban J connectivity index is 2.31. The van der Waals surface area contributed by atoms with Crippen LogP contribution in [0.1, 0.15) is 16.8 Å². The third kappa shape index (κ3) is 3.18. The van der Waals surface area contributed by atoms with Gasteiger partial charge in [0.05, 0.1) is 17.3 Å². The van der Waals surface area contributed by atoms with Crippen molar-refractivity contribution in [2.24, 2.45) is 0 Å². The summed E-state index contributed by atoms with van der Waals surface area (Å²) in [4.78, 5) is 4.13. The first-order chi connectivity index (χ1) is 9.01. The third-order valence-corrected chi connectivity index (χ3v) is 3.62. The maximum atomic E-state index is 9.11.